The van der Waals surface area contributed by atoms with E-state index in [0.29, 0.717) is 10.6 Å². The molecule has 0 bridgehead atoms. The Morgan fingerprint density at radius 3 is 2.81 bits per heavy atom. The van der Waals surface area contributed by atoms with Crippen LogP contribution < -0.4 is 10.6 Å². The van der Waals surface area contributed by atoms with E-state index < -0.39 is 39.8 Å². The van der Waals surface area contributed by atoms with E-state index in [1.54, 1.807) is 17.5 Å². The number of thiophene rings is 1. The van der Waals surface area contributed by atoms with Crippen molar-refractivity contribution in [3.05, 3.63) is 29.3 Å². The van der Waals surface area contributed by atoms with Gasteiger partial charge in [-0.1, -0.05) is 0 Å². The highest BCUT2D eigenvalue weighted by Crippen LogP contribution is 2.45. The van der Waals surface area contributed by atoms with Crippen molar-refractivity contribution in [3.8, 4) is 0 Å². The van der Waals surface area contributed by atoms with Gasteiger partial charge in [0.2, 0.25) is 5.91 Å². The first-order chi connectivity index (χ1) is 12.3. The summed E-state index contributed by atoms with van der Waals surface area (Å²) in [5.74, 6) is -0.840. The van der Waals surface area contributed by atoms with Crippen LogP contribution in [0.4, 0.5) is 9.80 Å². The second-order valence-electron chi connectivity index (χ2n) is 5.69. The number of β-lactam (4-membered cyclic amide) rings is 1. The topological polar surface area (TPSA) is 119 Å². The van der Waals surface area contributed by atoms with E-state index >= 15 is 0 Å². The number of nitrogens with two attached hydrogens (primary N) is 1. The van der Waals surface area contributed by atoms with Gasteiger partial charge in [-0.2, -0.15) is 0 Å². The summed E-state index contributed by atoms with van der Waals surface area (Å²) in [7, 11) is -0.260. The lowest BCUT2D eigenvalue weighted by Crippen LogP contribution is -2.82. The van der Waals surface area contributed by atoms with Gasteiger partial charge < -0.3 is 15.2 Å². The number of methoxy groups -OCH3 is 1. The van der Waals surface area contributed by atoms with Crippen LogP contribution in [-0.2, 0) is 29.9 Å². The zero-order valence-electron chi connectivity index (χ0n) is 14.0. The first kappa shape index (κ1) is 18.5. The smallest absolute Gasteiger partial charge is 0.404 e. The molecule has 26 heavy (non-hydrogen) atoms. The van der Waals surface area contributed by atoms with E-state index in [9.17, 15) is 18.6 Å². The number of nitrogens with zero attached hydrogens (tertiary/aromatic N) is 2. The normalized spacial score (nSPS) is 27.2. The summed E-state index contributed by atoms with van der Waals surface area (Å²) in [5.41, 5.74) is 3.75. The molecular formula is C15H17N3O6S2. The van der Waals surface area contributed by atoms with Gasteiger partial charge in [-0.3, -0.25) is 23.6 Å². The molecule has 1 saturated heterocycles. The van der Waals surface area contributed by atoms with Crippen LogP contribution in [0.15, 0.2) is 29.3 Å². The number of fused-ring (bicyclic) bond motifs is 1. The third-order valence-corrected chi connectivity index (χ3v) is 6.66. The van der Waals surface area contributed by atoms with Crippen molar-refractivity contribution in [2.45, 2.75) is 18.0 Å². The SMILES string of the molecule is COC1(N(C(C)=O)c2cccs2)C(=O)N2C=C(COC(N)=O)CS(=O)[C@@H]21. The van der Waals surface area contributed by atoms with Gasteiger partial charge in [0, 0.05) is 20.2 Å². The molecule has 1 aromatic rings. The molecule has 3 heterocycles. The predicted octanol–water partition coefficient (Wildman–Crippen LogP) is 0.354. The second-order valence-corrected chi connectivity index (χ2v) is 8.11. The Morgan fingerprint density at radius 1 is 1.54 bits per heavy atom. The summed E-state index contributed by atoms with van der Waals surface area (Å²) in [6.45, 7) is 1.17. The molecule has 2 unspecified atom stereocenters. The molecule has 2 aliphatic heterocycles. The van der Waals surface area contributed by atoms with Gasteiger partial charge in [-0.25, -0.2) is 4.79 Å². The minimum Gasteiger partial charge on any atom is -0.445 e. The van der Waals surface area contributed by atoms with Gasteiger partial charge in [0.15, 0.2) is 5.37 Å². The van der Waals surface area contributed by atoms with Crippen molar-refractivity contribution in [1.29, 1.82) is 0 Å². The fourth-order valence-electron chi connectivity index (χ4n) is 3.12. The Balaban J connectivity index is 1.96. The van der Waals surface area contributed by atoms with Gasteiger partial charge in [0.1, 0.15) is 11.6 Å². The number of carbonyl (C=O) groups excluding carboxylic acids is 3. The fraction of sp³-hybridized carbons (Fsp3) is 0.400. The van der Waals surface area contributed by atoms with Crippen LogP contribution in [0, 0.1) is 0 Å². The lowest BCUT2D eigenvalue weighted by atomic mass is 9.99. The van der Waals surface area contributed by atoms with Gasteiger partial charge in [-0.05, 0) is 23.1 Å². The van der Waals surface area contributed by atoms with E-state index in [0.717, 1.165) is 0 Å². The Hall–Kier alpha value is -2.24. The molecule has 1 aromatic heterocycles. The number of rotatable bonds is 5. The maximum atomic E-state index is 12.9. The average Bonchev–Trinajstić information content (AvgIpc) is 3.10. The predicted molar refractivity (Wildman–Crippen MR) is 94.5 cm³/mol. The molecule has 1 fully saturated rings. The summed E-state index contributed by atoms with van der Waals surface area (Å²) in [6, 6.07) is 3.44. The molecule has 0 aromatic carbocycles. The summed E-state index contributed by atoms with van der Waals surface area (Å²) in [6.07, 6.45) is 0.516. The maximum absolute atomic E-state index is 12.9. The highest BCUT2D eigenvalue weighted by atomic mass is 32.2. The largest absolute Gasteiger partial charge is 0.445 e. The Kier molecular flexibility index (Phi) is 4.86. The van der Waals surface area contributed by atoms with E-state index in [2.05, 4.69) is 0 Å². The third-order valence-electron chi connectivity index (χ3n) is 4.11. The first-order valence-corrected chi connectivity index (χ1v) is 9.80. The van der Waals surface area contributed by atoms with E-state index in [1.807, 2.05) is 0 Å². The van der Waals surface area contributed by atoms with Crippen LogP contribution in [0.2, 0.25) is 0 Å². The van der Waals surface area contributed by atoms with Gasteiger partial charge >= 0.3 is 6.09 Å². The van der Waals surface area contributed by atoms with Crippen molar-refractivity contribution in [2.24, 2.45) is 5.73 Å². The Morgan fingerprint density at radius 2 is 2.27 bits per heavy atom. The standard InChI is InChI=1S/C15H17N3O6S2/c1-9(19)18(11-4-3-5-25-11)15(23-2)12(20)17-6-10(7-24-14(16)21)8-26(22)13(15)17/h3-6,13H,7-8H2,1-2H3,(H2,16,21)/t13-,15?,26?/m1/s1. The van der Waals surface area contributed by atoms with Gasteiger partial charge in [0.25, 0.3) is 11.6 Å². The molecule has 140 valence electrons. The molecule has 0 aliphatic carbocycles. The average molecular weight is 399 g/mol. The summed E-state index contributed by atoms with van der Waals surface area (Å²) < 4.78 is 23.0. The second kappa shape index (κ2) is 6.82. The number of carbonyl (C=O) groups is 3. The Bertz CT molecular complexity index is 808. The van der Waals surface area contributed by atoms with Crippen molar-refractivity contribution in [1.82, 2.24) is 4.90 Å². The van der Waals surface area contributed by atoms with E-state index in [1.165, 1.54) is 41.4 Å². The lowest BCUT2D eigenvalue weighted by Gasteiger charge is -2.57. The molecule has 3 amide bonds. The molecule has 9 nitrogen and oxygen atoms in total. The van der Waals surface area contributed by atoms with E-state index in [4.69, 9.17) is 15.2 Å². The molecular weight excluding hydrogens is 382 g/mol. The number of ether oxygens (including phenoxy) is 2. The van der Waals surface area contributed by atoms with Crippen molar-refractivity contribution >= 4 is 45.0 Å². The quantitative estimate of drug-likeness (QED) is 0.564. The molecule has 11 heteroatoms. The summed E-state index contributed by atoms with van der Waals surface area (Å²) in [5, 5.41) is 1.44. The van der Waals surface area contributed by atoms with Gasteiger partial charge in [0.05, 0.1) is 16.6 Å². The zero-order valence-corrected chi connectivity index (χ0v) is 15.7. The number of hydrogen-bond donors (Lipinski definition) is 1. The van der Waals surface area contributed by atoms with E-state index in [-0.39, 0.29) is 12.4 Å². The van der Waals surface area contributed by atoms with Crippen LogP contribution in [0.1, 0.15) is 6.92 Å². The minimum atomic E-state index is -1.67. The number of amides is 3. The summed E-state index contributed by atoms with van der Waals surface area (Å²) >= 11 is 1.27. The lowest BCUT2D eigenvalue weighted by molar-refractivity contribution is -0.182. The van der Waals surface area contributed by atoms with Crippen molar-refractivity contribution < 1.29 is 28.1 Å². The number of primary amides is 1. The minimum absolute atomic E-state index is 0.0724. The molecule has 3 atom stereocenters. The van der Waals surface area contributed by atoms with Crippen LogP contribution in [-0.4, -0.2) is 57.6 Å². The highest BCUT2D eigenvalue weighted by molar-refractivity contribution is 7.86. The molecule has 2 N–H and O–H groups in total. The highest BCUT2D eigenvalue weighted by Gasteiger charge is 2.69. The van der Waals surface area contributed by atoms with Crippen LogP contribution in [0.5, 0.6) is 0 Å². The zero-order chi connectivity index (χ0) is 19.1. The Labute approximate surface area is 155 Å². The van der Waals surface area contributed by atoms with Crippen LogP contribution in [0.25, 0.3) is 0 Å². The number of hydrogen-bond acceptors (Lipinski definition) is 7. The summed E-state index contributed by atoms with van der Waals surface area (Å²) in [4.78, 5) is 38.5. The first-order valence-electron chi connectivity index (χ1n) is 7.54. The van der Waals surface area contributed by atoms with Crippen LogP contribution in [0.3, 0.4) is 0 Å². The van der Waals surface area contributed by atoms with Crippen LogP contribution >= 0.6 is 11.3 Å². The van der Waals surface area contributed by atoms with Crippen molar-refractivity contribution in [3.63, 3.8) is 0 Å². The molecule has 2 aliphatic rings. The monoisotopic (exact) mass is 399 g/mol. The molecule has 3 rings (SSSR count). The third kappa shape index (κ3) is 2.72. The fourth-order valence-corrected chi connectivity index (χ4v) is 5.70. The molecule has 0 radical (unpaired) electrons. The number of anilines is 1. The maximum Gasteiger partial charge on any atom is 0.404 e. The molecule has 0 saturated carbocycles. The van der Waals surface area contributed by atoms with Gasteiger partial charge in [-0.15, -0.1) is 11.3 Å². The van der Waals surface area contributed by atoms with Crippen molar-refractivity contribution in [2.75, 3.05) is 24.4 Å². The molecule has 0 spiro atoms.